The number of rotatable bonds is 3. The number of nitrogens with one attached hydrogen (secondary N) is 1. The summed E-state index contributed by atoms with van der Waals surface area (Å²) in [6.07, 6.45) is 4.18. The van der Waals surface area contributed by atoms with E-state index in [0.29, 0.717) is 16.9 Å². The van der Waals surface area contributed by atoms with Crippen LogP contribution in [0.3, 0.4) is 0 Å². The molecule has 1 aromatic heterocycles. The maximum atomic E-state index is 6.07. The maximum Gasteiger partial charge on any atom is 0.148 e. The molecule has 2 aromatic rings. The van der Waals surface area contributed by atoms with Gasteiger partial charge in [0, 0.05) is 29.3 Å². The zero-order valence-corrected chi connectivity index (χ0v) is 13.1. The second-order valence-corrected chi connectivity index (χ2v) is 6.09. The number of benzene rings is 1. The molecule has 104 valence electrons. The van der Waals surface area contributed by atoms with Gasteiger partial charge in [-0.25, -0.2) is 9.97 Å². The minimum atomic E-state index is 0.353. The van der Waals surface area contributed by atoms with E-state index in [1.54, 1.807) is 6.20 Å². The van der Waals surface area contributed by atoms with Gasteiger partial charge in [0.15, 0.2) is 0 Å². The molecule has 1 atom stereocenters. The molecule has 4 nitrogen and oxygen atoms in total. The summed E-state index contributed by atoms with van der Waals surface area (Å²) >= 11 is 9.53. The molecule has 0 aliphatic carbocycles. The number of hydrogen-bond acceptors (Lipinski definition) is 4. The van der Waals surface area contributed by atoms with Gasteiger partial charge in [-0.2, -0.15) is 0 Å². The molecule has 0 amide bonds. The summed E-state index contributed by atoms with van der Waals surface area (Å²) in [5.41, 5.74) is 1.24. The molecular formula is C14H14BrClN4. The van der Waals surface area contributed by atoms with E-state index >= 15 is 0 Å². The molecule has 1 aliphatic rings. The fourth-order valence-electron chi connectivity index (χ4n) is 2.38. The van der Waals surface area contributed by atoms with Crippen LogP contribution in [0.5, 0.6) is 0 Å². The lowest BCUT2D eigenvalue weighted by Gasteiger charge is -2.19. The Kier molecular flexibility index (Phi) is 4.08. The van der Waals surface area contributed by atoms with Gasteiger partial charge in [0.2, 0.25) is 0 Å². The van der Waals surface area contributed by atoms with Crippen LogP contribution in [0.1, 0.15) is 6.42 Å². The zero-order valence-electron chi connectivity index (χ0n) is 10.8. The van der Waals surface area contributed by atoms with Gasteiger partial charge in [0.25, 0.3) is 0 Å². The number of hydrogen-bond donors (Lipinski definition) is 1. The van der Waals surface area contributed by atoms with E-state index < -0.39 is 0 Å². The van der Waals surface area contributed by atoms with Gasteiger partial charge < -0.3 is 10.2 Å². The second-order valence-electron chi connectivity index (χ2n) is 4.77. The van der Waals surface area contributed by atoms with E-state index in [-0.39, 0.29) is 0 Å². The van der Waals surface area contributed by atoms with Gasteiger partial charge in [-0.1, -0.05) is 27.5 Å². The van der Waals surface area contributed by atoms with E-state index in [1.807, 2.05) is 0 Å². The lowest BCUT2D eigenvalue weighted by Crippen LogP contribution is -2.26. The van der Waals surface area contributed by atoms with Gasteiger partial charge >= 0.3 is 0 Å². The van der Waals surface area contributed by atoms with Crippen molar-refractivity contribution in [3.8, 4) is 0 Å². The lowest BCUT2D eigenvalue weighted by atomic mass is 10.2. The standard InChI is InChI=1S/C14H14BrClN4/c15-10-1-3-12(4-2-10)20-6-5-11(8-20)19-14-13(16)7-17-9-18-14/h1-4,7,9,11H,5-6,8H2,(H,17,18,19). The summed E-state index contributed by atoms with van der Waals surface area (Å²) < 4.78 is 1.10. The highest BCUT2D eigenvalue weighted by Gasteiger charge is 2.23. The number of halogens is 2. The van der Waals surface area contributed by atoms with Crippen molar-refractivity contribution < 1.29 is 0 Å². The van der Waals surface area contributed by atoms with Gasteiger partial charge in [0.05, 0.1) is 6.20 Å². The Hall–Kier alpha value is -1.33. The van der Waals surface area contributed by atoms with E-state index in [1.165, 1.54) is 12.0 Å². The van der Waals surface area contributed by atoms with Crippen LogP contribution in [0.2, 0.25) is 5.02 Å². The minimum Gasteiger partial charge on any atom is -0.369 e. The van der Waals surface area contributed by atoms with E-state index in [9.17, 15) is 0 Å². The van der Waals surface area contributed by atoms with Crippen LogP contribution in [0, 0.1) is 0 Å². The fourth-order valence-corrected chi connectivity index (χ4v) is 2.80. The Balaban J connectivity index is 1.65. The van der Waals surface area contributed by atoms with Crippen molar-refractivity contribution >= 4 is 39.0 Å². The Morgan fingerprint density at radius 3 is 2.85 bits per heavy atom. The third-order valence-electron chi connectivity index (χ3n) is 3.39. The summed E-state index contributed by atoms with van der Waals surface area (Å²) in [6, 6.07) is 8.74. The van der Waals surface area contributed by atoms with Crippen molar-refractivity contribution in [3.63, 3.8) is 0 Å². The normalized spacial score (nSPS) is 18.3. The van der Waals surface area contributed by atoms with Crippen LogP contribution in [-0.4, -0.2) is 29.1 Å². The molecule has 1 aromatic carbocycles. The molecule has 0 saturated carbocycles. The van der Waals surface area contributed by atoms with Crippen LogP contribution in [0.15, 0.2) is 41.3 Å². The Bertz CT molecular complexity index is 590. The fraction of sp³-hybridized carbons (Fsp3) is 0.286. The van der Waals surface area contributed by atoms with Gasteiger partial charge in [-0.05, 0) is 30.7 Å². The molecule has 0 spiro atoms. The van der Waals surface area contributed by atoms with Crippen molar-refractivity contribution in [2.24, 2.45) is 0 Å². The highest BCUT2D eigenvalue weighted by atomic mass is 79.9. The Morgan fingerprint density at radius 2 is 2.10 bits per heavy atom. The SMILES string of the molecule is Clc1cncnc1NC1CCN(c2ccc(Br)cc2)C1. The lowest BCUT2D eigenvalue weighted by molar-refractivity contribution is 0.799. The molecule has 2 heterocycles. The molecule has 0 radical (unpaired) electrons. The van der Waals surface area contributed by atoms with Crippen molar-refractivity contribution in [1.82, 2.24) is 9.97 Å². The van der Waals surface area contributed by atoms with Crippen LogP contribution in [-0.2, 0) is 0 Å². The molecule has 0 bridgehead atoms. The molecule has 1 unspecified atom stereocenters. The average molecular weight is 354 g/mol. The topological polar surface area (TPSA) is 41.1 Å². The maximum absolute atomic E-state index is 6.07. The monoisotopic (exact) mass is 352 g/mol. The average Bonchev–Trinajstić information content (AvgIpc) is 2.91. The van der Waals surface area contributed by atoms with Crippen molar-refractivity contribution in [1.29, 1.82) is 0 Å². The number of nitrogens with zero attached hydrogens (tertiary/aromatic N) is 3. The quantitative estimate of drug-likeness (QED) is 0.915. The van der Waals surface area contributed by atoms with Gasteiger partial charge in [0.1, 0.15) is 17.2 Å². The van der Waals surface area contributed by atoms with Crippen molar-refractivity contribution in [2.45, 2.75) is 12.5 Å². The van der Waals surface area contributed by atoms with E-state index in [4.69, 9.17) is 11.6 Å². The summed E-state index contributed by atoms with van der Waals surface area (Å²) in [5.74, 6) is 0.712. The third-order valence-corrected chi connectivity index (χ3v) is 4.19. The van der Waals surface area contributed by atoms with Crippen molar-refractivity contribution in [2.75, 3.05) is 23.3 Å². The summed E-state index contributed by atoms with van der Waals surface area (Å²) in [7, 11) is 0. The first-order valence-electron chi connectivity index (χ1n) is 6.45. The summed E-state index contributed by atoms with van der Waals surface area (Å²) in [4.78, 5) is 10.4. The minimum absolute atomic E-state index is 0.353. The van der Waals surface area contributed by atoms with Crippen molar-refractivity contribution in [3.05, 3.63) is 46.3 Å². The Morgan fingerprint density at radius 1 is 1.30 bits per heavy atom. The third kappa shape index (κ3) is 3.04. The number of aromatic nitrogens is 2. The molecule has 3 rings (SSSR count). The Labute approximate surface area is 131 Å². The first-order chi connectivity index (χ1) is 9.72. The molecule has 1 fully saturated rings. The highest BCUT2D eigenvalue weighted by molar-refractivity contribution is 9.10. The zero-order chi connectivity index (χ0) is 13.9. The highest BCUT2D eigenvalue weighted by Crippen LogP contribution is 2.25. The first kappa shape index (κ1) is 13.6. The largest absolute Gasteiger partial charge is 0.369 e. The molecule has 1 aliphatic heterocycles. The predicted octanol–water partition coefficient (Wildman–Crippen LogP) is 3.58. The molecular weight excluding hydrogens is 340 g/mol. The summed E-state index contributed by atoms with van der Waals surface area (Å²) in [5, 5.41) is 3.95. The van der Waals surface area contributed by atoms with Gasteiger partial charge in [-0.15, -0.1) is 0 Å². The van der Waals surface area contributed by atoms with E-state index in [0.717, 1.165) is 24.0 Å². The smallest absolute Gasteiger partial charge is 0.148 e. The van der Waals surface area contributed by atoms with Gasteiger partial charge in [-0.3, -0.25) is 0 Å². The number of anilines is 2. The molecule has 6 heteroatoms. The predicted molar refractivity (Wildman–Crippen MR) is 85.4 cm³/mol. The van der Waals surface area contributed by atoms with Crippen LogP contribution < -0.4 is 10.2 Å². The van der Waals surface area contributed by atoms with Crippen LogP contribution >= 0.6 is 27.5 Å². The van der Waals surface area contributed by atoms with Crippen LogP contribution in [0.25, 0.3) is 0 Å². The molecule has 20 heavy (non-hydrogen) atoms. The first-order valence-corrected chi connectivity index (χ1v) is 7.62. The molecule has 1 N–H and O–H groups in total. The molecule has 1 saturated heterocycles. The second kappa shape index (κ2) is 5.97. The van der Waals surface area contributed by atoms with E-state index in [2.05, 4.69) is 60.4 Å². The van der Waals surface area contributed by atoms with Crippen LogP contribution in [0.4, 0.5) is 11.5 Å². The summed E-state index contributed by atoms with van der Waals surface area (Å²) in [6.45, 7) is 1.98.